The van der Waals surface area contributed by atoms with Gasteiger partial charge < -0.3 is 25.5 Å². The van der Waals surface area contributed by atoms with E-state index in [-0.39, 0.29) is 30.9 Å². The van der Waals surface area contributed by atoms with Crippen molar-refractivity contribution in [2.45, 2.75) is 38.9 Å². The SMILES string of the molecule is CC(C)NC(=O)N1Cc2cc(C(N)=O)nc(-c3cccc(-c4cc5ccccc5o4)c3)c2C1CCO. The molecule has 2 aromatic heterocycles. The second-order valence-corrected chi connectivity index (χ2v) is 9.28. The van der Waals surface area contributed by atoms with Gasteiger partial charge in [0.05, 0.1) is 11.7 Å². The number of aromatic nitrogens is 1. The normalized spacial score (nSPS) is 14.9. The van der Waals surface area contributed by atoms with E-state index in [2.05, 4.69) is 10.3 Å². The fourth-order valence-electron chi connectivity index (χ4n) is 4.82. The molecule has 5 rings (SSSR count). The number of carbonyl (C=O) groups excluding carboxylic acids is 2. The topological polar surface area (TPSA) is 122 Å². The molecule has 0 saturated carbocycles. The number of nitrogens with one attached hydrogen (secondary N) is 1. The number of hydrogen-bond acceptors (Lipinski definition) is 5. The minimum absolute atomic E-state index is 0.0461. The molecule has 0 bridgehead atoms. The number of fused-ring (bicyclic) bond motifs is 2. The number of amides is 3. The highest BCUT2D eigenvalue weighted by Crippen LogP contribution is 2.42. The van der Waals surface area contributed by atoms with Gasteiger partial charge in [0.2, 0.25) is 0 Å². The Morgan fingerprint density at radius 1 is 1.14 bits per heavy atom. The van der Waals surface area contributed by atoms with Crippen molar-refractivity contribution >= 4 is 22.9 Å². The number of pyridine rings is 1. The van der Waals surface area contributed by atoms with Gasteiger partial charge in [0.15, 0.2) is 0 Å². The van der Waals surface area contributed by atoms with Crippen LogP contribution in [0.4, 0.5) is 4.79 Å². The number of nitrogens with zero attached hydrogens (tertiary/aromatic N) is 2. The van der Waals surface area contributed by atoms with Gasteiger partial charge in [-0.2, -0.15) is 0 Å². The lowest BCUT2D eigenvalue weighted by Gasteiger charge is -2.26. The summed E-state index contributed by atoms with van der Waals surface area (Å²) in [7, 11) is 0. The van der Waals surface area contributed by atoms with Crippen molar-refractivity contribution in [3.8, 4) is 22.6 Å². The van der Waals surface area contributed by atoms with Gasteiger partial charge in [-0.05, 0) is 50.1 Å². The van der Waals surface area contributed by atoms with Crippen LogP contribution in [0.25, 0.3) is 33.6 Å². The minimum atomic E-state index is -0.642. The molecule has 8 heteroatoms. The summed E-state index contributed by atoms with van der Waals surface area (Å²) in [6, 6.07) is 18.5. The van der Waals surface area contributed by atoms with E-state index in [1.807, 2.05) is 68.4 Å². The van der Waals surface area contributed by atoms with Gasteiger partial charge in [-0.1, -0.05) is 36.4 Å². The summed E-state index contributed by atoms with van der Waals surface area (Å²) in [6.07, 6.45) is 0.340. The molecule has 184 valence electrons. The summed E-state index contributed by atoms with van der Waals surface area (Å²) >= 11 is 0. The van der Waals surface area contributed by atoms with E-state index in [9.17, 15) is 14.7 Å². The van der Waals surface area contributed by atoms with Crippen LogP contribution in [0.1, 0.15) is 47.9 Å². The Hall–Kier alpha value is -4.17. The maximum absolute atomic E-state index is 13.0. The molecule has 3 amide bonds. The molecule has 0 fully saturated rings. The first-order chi connectivity index (χ1) is 17.4. The highest BCUT2D eigenvalue weighted by Gasteiger charge is 2.37. The molecule has 36 heavy (non-hydrogen) atoms. The number of rotatable bonds is 6. The molecule has 1 aliphatic rings. The van der Waals surface area contributed by atoms with E-state index >= 15 is 0 Å². The van der Waals surface area contributed by atoms with Crippen LogP contribution in [0.5, 0.6) is 0 Å². The highest BCUT2D eigenvalue weighted by atomic mass is 16.3. The van der Waals surface area contributed by atoms with Gasteiger partial charge in [0, 0.05) is 41.3 Å². The van der Waals surface area contributed by atoms with Crippen LogP contribution in [0.2, 0.25) is 0 Å². The number of primary amides is 1. The molecule has 8 nitrogen and oxygen atoms in total. The predicted molar refractivity (Wildman–Crippen MR) is 137 cm³/mol. The molecule has 2 aromatic carbocycles. The second kappa shape index (κ2) is 9.47. The number of carbonyl (C=O) groups is 2. The highest BCUT2D eigenvalue weighted by molar-refractivity contribution is 5.92. The Balaban J connectivity index is 1.63. The summed E-state index contributed by atoms with van der Waals surface area (Å²) in [5.41, 5.74) is 10.3. The standard InChI is InChI=1S/C28H28N4O4/c1-16(2)30-28(35)32-15-20-13-21(27(29)34)31-26(25(20)22(32)10-11-33)19-8-5-7-17(12-19)24-14-18-6-3-4-9-23(18)36-24/h3-9,12-14,16,22,33H,10-11,15H2,1-2H3,(H2,29,34)(H,30,35). The van der Waals surface area contributed by atoms with Crippen LogP contribution >= 0.6 is 0 Å². The van der Waals surface area contributed by atoms with E-state index in [1.54, 1.807) is 11.0 Å². The molecule has 0 radical (unpaired) electrons. The molecule has 4 N–H and O–H groups in total. The third-order valence-electron chi connectivity index (χ3n) is 6.37. The maximum Gasteiger partial charge on any atom is 0.318 e. The summed E-state index contributed by atoms with van der Waals surface area (Å²) in [4.78, 5) is 31.5. The molecule has 1 atom stereocenters. The number of furan rings is 1. The summed E-state index contributed by atoms with van der Waals surface area (Å²) in [5.74, 6) is 0.0712. The molecule has 0 saturated heterocycles. The first-order valence-corrected chi connectivity index (χ1v) is 12.0. The van der Waals surface area contributed by atoms with Crippen LogP contribution < -0.4 is 11.1 Å². The number of aliphatic hydroxyl groups excluding tert-OH is 1. The van der Waals surface area contributed by atoms with Crippen molar-refractivity contribution in [3.05, 3.63) is 77.5 Å². The fourth-order valence-corrected chi connectivity index (χ4v) is 4.82. The predicted octanol–water partition coefficient (Wildman–Crippen LogP) is 4.62. The Bertz CT molecular complexity index is 1430. The molecule has 0 spiro atoms. The van der Waals surface area contributed by atoms with Crippen molar-refractivity contribution in [2.75, 3.05) is 6.61 Å². The molecule has 1 aliphatic heterocycles. The van der Waals surface area contributed by atoms with Gasteiger partial charge >= 0.3 is 6.03 Å². The van der Waals surface area contributed by atoms with Crippen molar-refractivity contribution in [1.29, 1.82) is 0 Å². The Morgan fingerprint density at radius 2 is 1.92 bits per heavy atom. The largest absolute Gasteiger partial charge is 0.456 e. The van der Waals surface area contributed by atoms with Crippen molar-refractivity contribution in [3.63, 3.8) is 0 Å². The molecule has 1 unspecified atom stereocenters. The van der Waals surface area contributed by atoms with Crippen LogP contribution in [0.15, 0.2) is 65.1 Å². The van der Waals surface area contributed by atoms with E-state index < -0.39 is 11.9 Å². The summed E-state index contributed by atoms with van der Waals surface area (Å²) in [6.45, 7) is 3.97. The van der Waals surface area contributed by atoms with Crippen molar-refractivity contribution < 1.29 is 19.1 Å². The van der Waals surface area contributed by atoms with E-state index in [0.29, 0.717) is 17.9 Å². The van der Waals surface area contributed by atoms with Gasteiger partial charge in [-0.15, -0.1) is 0 Å². The average molecular weight is 485 g/mol. The molecular weight excluding hydrogens is 456 g/mol. The molecule has 3 heterocycles. The number of urea groups is 1. The van der Waals surface area contributed by atoms with Crippen molar-refractivity contribution in [1.82, 2.24) is 15.2 Å². The quantitative estimate of drug-likeness (QED) is 0.369. The van der Waals surface area contributed by atoms with Crippen LogP contribution in [0.3, 0.4) is 0 Å². The smallest absolute Gasteiger partial charge is 0.318 e. The zero-order chi connectivity index (χ0) is 25.4. The fraction of sp³-hybridized carbons (Fsp3) is 0.250. The zero-order valence-corrected chi connectivity index (χ0v) is 20.2. The molecule has 4 aromatic rings. The number of hydrogen-bond donors (Lipinski definition) is 3. The number of para-hydroxylation sites is 1. The van der Waals surface area contributed by atoms with Gasteiger partial charge in [0.25, 0.3) is 5.91 Å². The van der Waals surface area contributed by atoms with E-state index in [1.165, 1.54) is 0 Å². The van der Waals surface area contributed by atoms with Crippen LogP contribution in [-0.2, 0) is 6.54 Å². The van der Waals surface area contributed by atoms with Gasteiger partial charge in [-0.25, -0.2) is 9.78 Å². The maximum atomic E-state index is 13.0. The minimum Gasteiger partial charge on any atom is -0.456 e. The number of nitrogens with two attached hydrogens (primary N) is 1. The average Bonchev–Trinajstić information content (AvgIpc) is 3.45. The third-order valence-corrected chi connectivity index (χ3v) is 6.37. The summed E-state index contributed by atoms with van der Waals surface area (Å²) < 4.78 is 6.06. The van der Waals surface area contributed by atoms with Crippen LogP contribution in [-0.4, -0.2) is 39.6 Å². The lowest BCUT2D eigenvalue weighted by molar-refractivity contribution is 0.0995. The zero-order valence-electron chi connectivity index (χ0n) is 20.2. The van der Waals surface area contributed by atoms with E-state index in [4.69, 9.17) is 10.2 Å². The second-order valence-electron chi connectivity index (χ2n) is 9.28. The molecule has 0 aliphatic carbocycles. The van der Waals surface area contributed by atoms with Gasteiger partial charge in [-0.3, -0.25) is 4.79 Å². The number of aliphatic hydroxyl groups is 1. The Kier molecular flexibility index (Phi) is 6.20. The van der Waals surface area contributed by atoms with Crippen LogP contribution in [0, 0.1) is 0 Å². The van der Waals surface area contributed by atoms with Gasteiger partial charge in [0.1, 0.15) is 17.0 Å². The number of benzene rings is 2. The Morgan fingerprint density at radius 3 is 2.64 bits per heavy atom. The lowest BCUT2D eigenvalue weighted by atomic mass is 9.94. The third kappa shape index (κ3) is 4.31. The monoisotopic (exact) mass is 484 g/mol. The first kappa shape index (κ1) is 23.6. The van der Waals surface area contributed by atoms with Crippen molar-refractivity contribution in [2.24, 2.45) is 5.73 Å². The molecular formula is C28H28N4O4. The Labute approximate surface area is 208 Å². The lowest BCUT2D eigenvalue weighted by Crippen LogP contribution is -2.42. The summed E-state index contributed by atoms with van der Waals surface area (Å²) in [5, 5.41) is 13.8. The first-order valence-electron chi connectivity index (χ1n) is 12.0. The van der Waals surface area contributed by atoms with E-state index in [0.717, 1.165) is 33.2 Å².